The molecule has 1 aliphatic rings. The van der Waals surface area contributed by atoms with Crippen molar-refractivity contribution in [3.05, 3.63) is 42.0 Å². The molecular weight excluding hydrogens is 284 g/mol. The van der Waals surface area contributed by atoms with Gasteiger partial charge in [0.05, 0.1) is 18.9 Å². The first-order valence-corrected chi connectivity index (χ1v) is 7.24. The van der Waals surface area contributed by atoms with Gasteiger partial charge in [0, 0.05) is 13.0 Å². The molecule has 116 valence electrons. The van der Waals surface area contributed by atoms with Gasteiger partial charge in [-0.15, -0.1) is 5.10 Å². The minimum absolute atomic E-state index is 0.162. The van der Waals surface area contributed by atoms with E-state index >= 15 is 0 Å². The van der Waals surface area contributed by atoms with Crippen molar-refractivity contribution in [3.8, 4) is 5.69 Å². The minimum Gasteiger partial charge on any atom is -0.350 e. The summed E-state index contributed by atoms with van der Waals surface area (Å²) >= 11 is 0. The van der Waals surface area contributed by atoms with Crippen LogP contribution in [0.1, 0.15) is 22.9 Å². The summed E-state index contributed by atoms with van der Waals surface area (Å²) in [6.45, 7) is 3.50. The van der Waals surface area contributed by atoms with Gasteiger partial charge in [0.15, 0.2) is 6.29 Å². The highest BCUT2D eigenvalue weighted by Gasteiger charge is 2.18. The van der Waals surface area contributed by atoms with Gasteiger partial charge < -0.3 is 14.8 Å². The Morgan fingerprint density at radius 2 is 2.05 bits per heavy atom. The molecule has 1 fully saturated rings. The van der Waals surface area contributed by atoms with Crippen LogP contribution in [0.5, 0.6) is 0 Å². The van der Waals surface area contributed by atoms with Crippen LogP contribution in [-0.4, -0.2) is 46.7 Å². The number of hydrogen-bond acceptors (Lipinski definition) is 5. The van der Waals surface area contributed by atoms with Crippen molar-refractivity contribution in [1.82, 2.24) is 20.1 Å². The Morgan fingerprint density at radius 3 is 2.77 bits per heavy atom. The van der Waals surface area contributed by atoms with Crippen LogP contribution in [0, 0.1) is 6.92 Å². The Hall–Kier alpha value is -2.25. The number of nitrogens with zero attached hydrogens (tertiary/aromatic N) is 3. The van der Waals surface area contributed by atoms with Gasteiger partial charge in [-0.1, -0.05) is 18.2 Å². The number of benzene rings is 1. The van der Waals surface area contributed by atoms with Crippen molar-refractivity contribution in [2.45, 2.75) is 19.6 Å². The van der Waals surface area contributed by atoms with Gasteiger partial charge in [-0.05, 0) is 19.1 Å². The fourth-order valence-corrected chi connectivity index (χ4v) is 2.26. The maximum atomic E-state index is 12.1. The van der Waals surface area contributed by atoms with Crippen LogP contribution < -0.4 is 5.32 Å². The average Bonchev–Trinajstić information content (AvgIpc) is 3.17. The zero-order valence-electron chi connectivity index (χ0n) is 12.4. The van der Waals surface area contributed by atoms with Crippen molar-refractivity contribution in [2.24, 2.45) is 0 Å². The molecule has 1 saturated heterocycles. The molecular formula is C15H18N4O3. The smallest absolute Gasteiger partial charge is 0.290 e. The second-order valence-electron chi connectivity index (χ2n) is 4.95. The summed E-state index contributed by atoms with van der Waals surface area (Å²) in [7, 11) is 0. The molecule has 0 unspecified atom stereocenters. The Kier molecular flexibility index (Phi) is 4.45. The third-order valence-corrected chi connectivity index (χ3v) is 3.33. The van der Waals surface area contributed by atoms with Gasteiger partial charge in [0.2, 0.25) is 5.82 Å². The normalized spacial score (nSPS) is 15.1. The van der Waals surface area contributed by atoms with Crippen LogP contribution in [0.4, 0.5) is 0 Å². The fraction of sp³-hybridized carbons (Fsp3) is 0.400. The highest BCUT2D eigenvalue weighted by Crippen LogP contribution is 2.09. The Labute approximate surface area is 128 Å². The number of carbonyl (C=O) groups is 1. The van der Waals surface area contributed by atoms with E-state index in [9.17, 15) is 4.79 Å². The zero-order chi connectivity index (χ0) is 15.4. The number of ether oxygens (including phenoxy) is 2. The maximum Gasteiger partial charge on any atom is 0.290 e. The van der Waals surface area contributed by atoms with E-state index in [0.717, 1.165) is 5.69 Å². The number of hydrogen-bond donors (Lipinski definition) is 1. The van der Waals surface area contributed by atoms with Gasteiger partial charge >= 0.3 is 0 Å². The first kappa shape index (κ1) is 14.7. The molecule has 3 rings (SSSR count). The van der Waals surface area contributed by atoms with Crippen LogP contribution in [0.25, 0.3) is 5.69 Å². The molecule has 1 aromatic carbocycles. The lowest BCUT2D eigenvalue weighted by atomic mass is 10.3. The van der Waals surface area contributed by atoms with Gasteiger partial charge in [0.25, 0.3) is 5.91 Å². The Morgan fingerprint density at radius 1 is 1.32 bits per heavy atom. The molecule has 0 atom stereocenters. The molecule has 0 spiro atoms. The average molecular weight is 302 g/mol. The molecule has 1 aromatic heterocycles. The summed E-state index contributed by atoms with van der Waals surface area (Å²) in [5, 5.41) is 7.04. The second kappa shape index (κ2) is 6.67. The Balaban J connectivity index is 1.61. The van der Waals surface area contributed by atoms with E-state index in [-0.39, 0.29) is 18.0 Å². The summed E-state index contributed by atoms with van der Waals surface area (Å²) in [6, 6.07) is 9.59. The maximum absolute atomic E-state index is 12.1. The van der Waals surface area contributed by atoms with Crippen LogP contribution in [0.3, 0.4) is 0 Å². The Bertz CT molecular complexity index is 635. The van der Waals surface area contributed by atoms with E-state index in [4.69, 9.17) is 9.47 Å². The topological polar surface area (TPSA) is 78.3 Å². The second-order valence-corrected chi connectivity index (χ2v) is 4.95. The first-order valence-electron chi connectivity index (χ1n) is 7.24. The summed E-state index contributed by atoms with van der Waals surface area (Å²) in [4.78, 5) is 16.3. The van der Waals surface area contributed by atoms with Crippen molar-refractivity contribution in [1.29, 1.82) is 0 Å². The third kappa shape index (κ3) is 3.32. The number of carbonyl (C=O) groups excluding carboxylic acids is 1. The molecule has 1 amide bonds. The molecule has 1 aliphatic heterocycles. The summed E-state index contributed by atoms with van der Waals surface area (Å²) in [5.74, 6) is 0.532. The number of aryl methyl sites for hydroxylation is 1. The minimum atomic E-state index is -0.296. The predicted molar refractivity (Wildman–Crippen MR) is 78.7 cm³/mol. The van der Waals surface area contributed by atoms with Crippen LogP contribution >= 0.6 is 0 Å². The van der Waals surface area contributed by atoms with Crippen LogP contribution in [0.2, 0.25) is 0 Å². The SMILES string of the molecule is Cc1nc(C(=O)NCCC2OCCO2)nn1-c1ccccc1. The number of nitrogens with one attached hydrogen (secondary N) is 1. The van der Waals surface area contributed by atoms with E-state index in [0.29, 0.717) is 32.0 Å². The quantitative estimate of drug-likeness (QED) is 0.894. The van der Waals surface area contributed by atoms with Crippen molar-refractivity contribution >= 4 is 5.91 Å². The molecule has 0 radical (unpaired) electrons. The standard InChI is InChI=1S/C15H18N4O3/c1-11-17-14(18-19(11)12-5-3-2-4-6-12)15(20)16-8-7-13-21-9-10-22-13/h2-6,13H,7-10H2,1H3,(H,16,20). The molecule has 0 aliphatic carbocycles. The number of para-hydroxylation sites is 1. The molecule has 0 saturated carbocycles. The monoisotopic (exact) mass is 302 g/mol. The molecule has 2 aromatic rings. The zero-order valence-corrected chi connectivity index (χ0v) is 12.4. The number of aromatic nitrogens is 3. The van der Waals surface area contributed by atoms with Crippen molar-refractivity contribution < 1.29 is 14.3 Å². The fourth-order valence-electron chi connectivity index (χ4n) is 2.26. The van der Waals surface area contributed by atoms with Gasteiger partial charge in [-0.2, -0.15) is 0 Å². The number of amides is 1. The van der Waals surface area contributed by atoms with Crippen LogP contribution in [0.15, 0.2) is 30.3 Å². The molecule has 22 heavy (non-hydrogen) atoms. The lowest BCUT2D eigenvalue weighted by Gasteiger charge is -2.08. The summed E-state index contributed by atoms with van der Waals surface area (Å²) in [6.07, 6.45) is 0.390. The summed E-state index contributed by atoms with van der Waals surface area (Å²) in [5.41, 5.74) is 0.874. The van der Waals surface area contributed by atoms with Gasteiger partial charge in [-0.3, -0.25) is 4.79 Å². The largest absolute Gasteiger partial charge is 0.350 e. The molecule has 0 bridgehead atoms. The van der Waals surface area contributed by atoms with Crippen molar-refractivity contribution in [3.63, 3.8) is 0 Å². The molecule has 7 heteroatoms. The van der Waals surface area contributed by atoms with E-state index in [1.165, 1.54) is 0 Å². The highest BCUT2D eigenvalue weighted by atomic mass is 16.7. The lowest BCUT2D eigenvalue weighted by molar-refractivity contribution is -0.0455. The van der Waals surface area contributed by atoms with E-state index < -0.39 is 0 Å². The third-order valence-electron chi connectivity index (χ3n) is 3.33. The molecule has 7 nitrogen and oxygen atoms in total. The molecule has 2 heterocycles. The first-order chi connectivity index (χ1) is 10.7. The van der Waals surface area contributed by atoms with E-state index in [2.05, 4.69) is 15.4 Å². The highest BCUT2D eigenvalue weighted by molar-refractivity contribution is 5.90. The molecule has 1 N–H and O–H groups in total. The predicted octanol–water partition coefficient (Wildman–Crippen LogP) is 1.07. The van der Waals surface area contributed by atoms with E-state index in [1.54, 1.807) is 4.68 Å². The van der Waals surface area contributed by atoms with Crippen molar-refractivity contribution in [2.75, 3.05) is 19.8 Å². The summed E-state index contributed by atoms with van der Waals surface area (Å²) < 4.78 is 12.3. The number of rotatable bonds is 5. The van der Waals surface area contributed by atoms with Crippen LogP contribution in [-0.2, 0) is 9.47 Å². The van der Waals surface area contributed by atoms with E-state index in [1.807, 2.05) is 37.3 Å². The lowest BCUT2D eigenvalue weighted by Crippen LogP contribution is -2.28. The van der Waals surface area contributed by atoms with Gasteiger partial charge in [-0.25, -0.2) is 9.67 Å². The van der Waals surface area contributed by atoms with Gasteiger partial charge in [0.1, 0.15) is 5.82 Å².